The molecule has 0 aromatic carbocycles. The Morgan fingerprint density at radius 1 is 1.00 bits per heavy atom. The number of ether oxygens (including phenoxy) is 2. The van der Waals surface area contributed by atoms with E-state index in [-0.39, 0.29) is 6.29 Å². The van der Waals surface area contributed by atoms with Crippen LogP contribution in [0.3, 0.4) is 0 Å². The van der Waals surface area contributed by atoms with Crippen LogP contribution >= 0.6 is 0 Å². The second-order valence-electron chi connectivity index (χ2n) is 3.07. The van der Waals surface area contributed by atoms with E-state index < -0.39 is 0 Å². The highest BCUT2D eigenvalue weighted by atomic mass is 16.7. The highest BCUT2D eigenvalue weighted by molar-refractivity contribution is 4.92. The zero-order valence-corrected chi connectivity index (χ0v) is 9.53. The van der Waals surface area contributed by atoms with Gasteiger partial charge in [-0.3, -0.25) is 0 Å². The van der Waals surface area contributed by atoms with Crippen LogP contribution in [0.4, 0.5) is 0 Å². The molecule has 0 atom stereocenters. The van der Waals surface area contributed by atoms with Gasteiger partial charge in [0.25, 0.3) is 0 Å². The molecular formula is C12H22O2. The Bertz CT molecular complexity index is 158. The minimum atomic E-state index is -0.0640. The van der Waals surface area contributed by atoms with Gasteiger partial charge in [0.2, 0.25) is 0 Å². The average Bonchev–Trinajstić information content (AvgIpc) is 2.22. The molecule has 2 nitrogen and oxygen atoms in total. The molecule has 0 spiro atoms. The van der Waals surface area contributed by atoms with Gasteiger partial charge in [-0.1, -0.05) is 31.2 Å². The molecule has 0 aromatic rings. The summed E-state index contributed by atoms with van der Waals surface area (Å²) in [6.07, 6.45) is 12.7. The third-order valence-electron chi connectivity index (χ3n) is 1.94. The molecule has 0 heterocycles. The van der Waals surface area contributed by atoms with E-state index in [9.17, 15) is 0 Å². The van der Waals surface area contributed by atoms with Gasteiger partial charge in [-0.25, -0.2) is 0 Å². The Morgan fingerprint density at radius 3 is 2.21 bits per heavy atom. The maximum atomic E-state index is 5.07. The molecule has 0 N–H and O–H groups in total. The highest BCUT2D eigenvalue weighted by Gasteiger charge is 2.01. The number of hydrogen-bond acceptors (Lipinski definition) is 2. The van der Waals surface area contributed by atoms with Gasteiger partial charge in [0.05, 0.1) is 0 Å². The van der Waals surface area contributed by atoms with E-state index in [1.165, 1.54) is 0 Å². The first-order chi connectivity index (χ1) is 6.85. The van der Waals surface area contributed by atoms with Crippen molar-refractivity contribution >= 4 is 0 Å². The van der Waals surface area contributed by atoms with Crippen LogP contribution in [0, 0.1) is 0 Å². The number of methoxy groups -OCH3 is 2. The van der Waals surface area contributed by atoms with Crippen LogP contribution in [0.25, 0.3) is 0 Å². The van der Waals surface area contributed by atoms with E-state index in [0.717, 1.165) is 25.7 Å². The Morgan fingerprint density at radius 2 is 1.64 bits per heavy atom. The second-order valence-corrected chi connectivity index (χ2v) is 3.07. The van der Waals surface area contributed by atoms with Crippen molar-refractivity contribution in [1.82, 2.24) is 0 Å². The zero-order valence-electron chi connectivity index (χ0n) is 9.53. The van der Waals surface area contributed by atoms with Crippen LogP contribution in [0.5, 0.6) is 0 Å². The summed E-state index contributed by atoms with van der Waals surface area (Å²) in [7, 11) is 3.34. The maximum Gasteiger partial charge on any atom is 0.157 e. The predicted octanol–water partition coefficient (Wildman–Crippen LogP) is 3.30. The Hall–Kier alpha value is -0.600. The summed E-state index contributed by atoms with van der Waals surface area (Å²) >= 11 is 0. The number of allylic oxidation sites excluding steroid dienone is 4. The first-order valence-corrected chi connectivity index (χ1v) is 5.20. The molecule has 0 saturated heterocycles. The van der Waals surface area contributed by atoms with Gasteiger partial charge < -0.3 is 9.47 Å². The quantitative estimate of drug-likeness (QED) is 0.440. The summed E-state index contributed by atoms with van der Waals surface area (Å²) in [5, 5.41) is 0. The molecule has 82 valence electrons. The third kappa shape index (κ3) is 8.02. The van der Waals surface area contributed by atoms with E-state index in [1.54, 1.807) is 14.2 Å². The van der Waals surface area contributed by atoms with Gasteiger partial charge in [0.15, 0.2) is 6.29 Å². The fraction of sp³-hybridized carbons (Fsp3) is 0.667. The minimum Gasteiger partial charge on any atom is -0.356 e. The molecule has 0 radical (unpaired) electrons. The van der Waals surface area contributed by atoms with E-state index in [2.05, 4.69) is 31.2 Å². The molecule has 0 aromatic heterocycles. The maximum absolute atomic E-state index is 5.07. The average molecular weight is 198 g/mol. The van der Waals surface area contributed by atoms with Gasteiger partial charge in [-0.15, -0.1) is 0 Å². The lowest BCUT2D eigenvalue weighted by molar-refractivity contribution is -0.105. The molecule has 0 aliphatic carbocycles. The van der Waals surface area contributed by atoms with Crippen molar-refractivity contribution in [3.63, 3.8) is 0 Å². The van der Waals surface area contributed by atoms with Gasteiger partial charge in [0.1, 0.15) is 0 Å². The summed E-state index contributed by atoms with van der Waals surface area (Å²) in [5.74, 6) is 0. The molecule has 0 rings (SSSR count). The second kappa shape index (κ2) is 10.5. The van der Waals surface area contributed by atoms with Gasteiger partial charge in [-0.2, -0.15) is 0 Å². The molecule has 14 heavy (non-hydrogen) atoms. The van der Waals surface area contributed by atoms with Crippen LogP contribution in [0.1, 0.15) is 32.6 Å². The molecule has 0 bridgehead atoms. The molecular weight excluding hydrogens is 176 g/mol. The van der Waals surface area contributed by atoms with Crippen molar-refractivity contribution in [3.8, 4) is 0 Å². The molecule has 0 amide bonds. The molecule has 0 saturated carbocycles. The lowest BCUT2D eigenvalue weighted by atomic mass is 10.2. The van der Waals surface area contributed by atoms with Gasteiger partial charge in [0, 0.05) is 20.6 Å². The van der Waals surface area contributed by atoms with Crippen LogP contribution < -0.4 is 0 Å². The van der Waals surface area contributed by atoms with E-state index in [1.807, 2.05) is 0 Å². The Kier molecular flexibility index (Phi) is 10.0. The summed E-state index contributed by atoms with van der Waals surface area (Å²) in [6.45, 7) is 2.14. The molecule has 0 unspecified atom stereocenters. The largest absolute Gasteiger partial charge is 0.356 e. The monoisotopic (exact) mass is 198 g/mol. The van der Waals surface area contributed by atoms with Gasteiger partial charge in [-0.05, 0) is 19.3 Å². The normalized spacial score (nSPS) is 12.3. The van der Waals surface area contributed by atoms with Crippen molar-refractivity contribution in [2.75, 3.05) is 14.2 Å². The SMILES string of the molecule is CC/C=C\C/C=C\CCC(OC)OC. The highest BCUT2D eigenvalue weighted by Crippen LogP contribution is 2.03. The number of hydrogen-bond donors (Lipinski definition) is 0. The van der Waals surface area contributed by atoms with E-state index >= 15 is 0 Å². The van der Waals surface area contributed by atoms with Crippen LogP contribution in [-0.4, -0.2) is 20.5 Å². The summed E-state index contributed by atoms with van der Waals surface area (Å²) in [4.78, 5) is 0. The first kappa shape index (κ1) is 13.4. The lowest BCUT2D eigenvalue weighted by Crippen LogP contribution is -2.11. The van der Waals surface area contributed by atoms with Crippen molar-refractivity contribution in [1.29, 1.82) is 0 Å². The van der Waals surface area contributed by atoms with E-state index in [4.69, 9.17) is 9.47 Å². The smallest absolute Gasteiger partial charge is 0.157 e. The minimum absolute atomic E-state index is 0.0640. The molecule has 2 heteroatoms. The van der Waals surface area contributed by atoms with E-state index in [0.29, 0.717) is 0 Å². The third-order valence-corrected chi connectivity index (χ3v) is 1.94. The summed E-state index contributed by atoms with van der Waals surface area (Å²) in [5.41, 5.74) is 0. The van der Waals surface area contributed by atoms with Crippen LogP contribution in [0.2, 0.25) is 0 Å². The number of rotatable bonds is 8. The molecule has 0 fully saturated rings. The fourth-order valence-electron chi connectivity index (χ4n) is 1.12. The zero-order chi connectivity index (χ0) is 10.6. The first-order valence-electron chi connectivity index (χ1n) is 5.20. The topological polar surface area (TPSA) is 18.5 Å². The van der Waals surface area contributed by atoms with Crippen LogP contribution in [-0.2, 0) is 9.47 Å². The molecule has 0 aliphatic rings. The van der Waals surface area contributed by atoms with Crippen molar-refractivity contribution < 1.29 is 9.47 Å². The Balaban J connectivity index is 3.38. The van der Waals surface area contributed by atoms with Gasteiger partial charge >= 0.3 is 0 Å². The standard InChI is InChI=1S/C12H22O2/c1-4-5-6-7-8-9-10-11-12(13-2)14-3/h5-6,8-9,12H,4,7,10-11H2,1-3H3/b6-5-,9-8-. The summed E-state index contributed by atoms with van der Waals surface area (Å²) in [6, 6.07) is 0. The predicted molar refractivity (Wildman–Crippen MR) is 60.2 cm³/mol. The Labute approximate surface area is 87.6 Å². The van der Waals surface area contributed by atoms with Crippen molar-refractivity contribution in [3.05, 3.63) is 24.3 Å². The molecule has 0 aliphatic heterocycles. The van der Waals surface area contributed by atoms with Crippen LogP contribution in [0.15, 0.2) is 24.3 Å². The van der Waals surface area contributed by atoms with Crippen molar-refractivity contribution in [2.24, 2.45) is 0 Å². The lowest BCUT2D eigenvalue weighted by Gasteiger charge is -2.10. The fourth-order valence-corrected chi connectivity index (χ4v) is 1.12. The van der Waals surface area contributed by atoms with Crippen molar-refractivity contribution in [2.45, 2.75) is 38.9 Å². The summed E-state index contributed by atoms with van der Waals surface area (Å²) < 4.78 is 10.1.